The number of nitro benzene ring substituents is 1. The number of likely N-dealkylation sites (tertiary alicyclic amines) is 1. The molecule has 1 heterocycles. The lowest BCUT2D eigenvalue weighted by molar-refractivity contribution is -0.384. The van der Waals surface area contributed by atoms with E-state index in [1.54, 1.807) is 0 Å². The topological polar surface area (TPSA) is 92.5 Å². The molecule has 28 heavy (non-hydrogen) atoms. The highest BCUT2D eigenvalue weighted by Gasteiger charge is 2.27. The zero-order valence-electron chi connectivity index (χ0n) is 15.1. The van der Waals surface area contributed by atoms with Crippen LogP contribution >= 0.6 is 11.6 Å². The molecule has 1 fully saturated rings. The second-order valence-corrected chi connectivity index (χ2v) is 7.21. The average Bonchev–Trinajstić information content (AvgIpc) is 2.70. The van der Waals surface area contributed by atoms with E-state index in [0.717, 1.165) is 25.3 Å². The summed E-state index contributed by atoms with van der Waals surface area (Å²) in [6.45, 7) is 1.04. The molecule has 146 valence electrons. The van der Waals surface area contributed by atoms with Gasteiger partial charge in [-0.05, 0) is 42.9 Å². The number of carbonyl (C=O) groups excluding carboxylic acids is 2. The molecule has 2 aromatic carbocycles. The number of halogens is 1. The summed E-state index contributed by atoms with van der Waals surface area (Å²) in [6, 6.07) is 14.1. The number of hydrogen-bond donors (Lipinski definition) is 1. The summed E-state index contributed by atoms with van der Waals surface area (Å²) in [4.78, 5) is 36.5. The van der Waals surface area contributed by atoms with Gasteiger partial charge in [0.05, 0.1) is 4.92 Å². The molecule has 1 saturated heterocycles. The van der Waals surface area contributed by atoms with Gasteiger partial charge in [-0.25, -0.2) is 0 Å². The van der Waals surface area contributed by atoms with Crippen molar-refractivity contribution in [1.29, 1.82) is 0 Å². The van der Waals surface area contributed by atoms with Crippen LogP contribution in [0.4, 0.5) is 11.4 Å². The fourth-order valence-corrected chi connectivity index (χ4v) is 3.53. The molecule has 1 N–H and O–H groups in total. The third kappa shape index (κ3) is 4.86. The fraction of sp³-hybridized carbons (Fsp3) is 0.300. The van der Waals surface area contributed by atoms with Gasteiger partial charge in [0.15, 0.2) is 0 Å². The van der Waals surface area contributed by atoms with Crippen molar-refractivity contribution in [1.82, 2.24) is 4.90 Å². The van der Waals surface area contributed by atoms with Crippen molar-refractivity contribution in [3.8, 4) is 0 Å². The minimum absolute atomic E-state index is 0.0326. The van der Waals surface area contributed by atoms with Crippen molar-refractivity contribution >= 4 is 34.8 Å². The Hall–Kier alpha value is -2.93. The molecule has 0 aliphatic carbocycles. The SMILES string of the molecule is O=C(Nc1ccc(Cl)c([N+](=O)[O-])c1)C(=O)N1CCC(Cc2ccccc2)CC1. The van der Waals surface area contributed by atoms with Crippen molar-refractivity contribution in [3.05, 3.63) is 69.2 Å². The Morgan fingerprint density at radius 1 is 1.14 bits per heavy atom. The van der Waals surface area contributed by atoms with Gasteiger partial charge in [-0.15, -0.1) is 0 Å². The maximum absolute atomic E-state index is 12.4. The normalized spacial score (nSPS) is 14.5. The van der Waals surface area contributed by atoms with Crippen molar-refractivity contribution in [2.75, 3.05) is 18.4 Å². The lowest BCUT2D eigenvalue weighted by Crippen LogP contribution is -2.44. The van der Waals surface area contributed by atoms with E-state index >= 15 is 0 Å². The zero-order valence-corrected chi connectivity index (χ0v) is 15.9. The Morgan fingerprint density at radius 3 is 2.46 bits per heavy atom. The minimum Gasteiger partial charge on any atom is -0.334 e. The van der Waals surface area contributed by atoms with Crippen LogP contribution in [0.2, 0.25) is 5.02 Å². The van der Waals surface area contributed by atoms with E-state index in [4.69, 9.17) is 11.6 Å². The van der Waals surface area contributed by atoms with Crippen LogP contribution in [-0.4, -0.2) is 34.7 Å². The first-order valence-corrected chi connectivity index (χ1v) is 9.40. The van der Waals surface area contributed by atoms with E-state index in [0.29, 0.717) is 19.0 Å². The van der Waals surface area contributed by atoms with Crippen molar-refractivity contribution in [2.24, 2.45) is 5.92 Å². The molecule has 0 bridgehead atoms. The van der Waals surface area contributed by atoms with Crippen molar-refractivity contribution in [3.63, 3.8) is 0 Å². The van der Waals surface area contributed by atoms with Gasteiger partial charge >= 0.3 is 11.8 Å². The highest BCUT2D eigenvalue weighted by atomic mass is 35.5. The van der Waals surface area contributed by atoms with Gasteiger partial charge in [0.2, 0.25) is 0 Å². The fourth-order valence-electron chi connectivity index (χ4n) is 3.35. The maximum Gasteiger partial charge on any atom is 0.313 e. The first-order chi connectivity index (χ1) is 13.4. The summed E-state index contributed by atoms with van der Waals surface area (Å²) < 4.78 is 0. The number of benzene rings is 2. The lowest BCUT2D eigenvalue weighted by Gasteiger charge is -2.31. The van der Waals surface area contributed by atoms with Crippen molar-refractivity contribution < 1.29 is 14.5 Å². The number of nitro groups is 1. The largest absolute Gasteiger partial charge is 0.334 e. The number of rotatable bonds is 4. The molecule has 0 unspecified atom stereocenters. The highest BCUT2D eigenvalue weighted by Crippen LogP contribution is 2.27. The Bertz CT molecular complexity index is 880. The second kappa shape index (κ2) is 8.84. The molecule has 0 saturated carbocycles. The first kappa shape index (κ1) is 19.8. The average molecular weight is 402 g/mol. The molecule has 3 rings (SSSR count). The van der Waals surface area contributed by atoms with Gasteiger partial charge < -0.3 is 10.2 Å². The number of anilines is 1. The highest BCUT2D eigenvalue weighted by molar-refractivity contribution is 6.39. The van der Waals surface area contributed by atoms with E-state index in [1.165, 1.54) is 22.6 Å². The van der Waals surface area contributed by atoms with Crippen LogP contribution in [-0.2, 0) is 16.0 Å². The Morgan fingerprint density at radius 2 is 1.82 bits per heavy atom. The molecule has 1 aliphatic rings. The minimum atomic E-state index is -0.807. The molecule has 0 radical (unpaired) electrons. The Labute approximate surface area is 167 Å². The standard InChI is InChI=1S/C20H20ClN3O4/c21-17-7-6-16(13-18(17)24(27)28)22-19(25)20(26)23-10-8-15(9-11-23)12-14-4-2-1-3-5-14/h1-7,13,15H,8-12H2,(H,22,25). The summed E-state index contributed by atoms with van der Waals surface area (Å²) in [5.41, 5.74) is 1.11. The third-order valence-electron chi connectivity index (χ3n) is 4.86. The number of carbonyl (C=O) groups is 2. The summed E-state index contributed by atoms with van der Waals surface area (Å²) in [6.07, 6.45) is 2.63. The first-order valence-electron chi connectivity index (χ1n) is 9.02. The van der Waals surface area contributed by atoms with E-state index in [1.807, 2.05) is 18.2 Å². The molecule has 0 spiro atoms. The molecule has 2 aromatic rings. The predicted molar refractivity (Wildman–Crippen MR) is 106 cm³/mol. The second-order valence-electron chi connectivity index (χ2n) is 6.80. The number of nitrogens with one attached hydrogen (secondary N) is 1. The van der Waals surface area contributed by atoms with Crippen LogP contribution in [0, 0.1) is 16.0 Å². The van der Waals surface area contributed by atoms with E-state index in [2.05, 4.69) is 17.4 Å². The molecule has 1 aliphatic heterocycles. The Balaban J connectivity index is 1.54. The maximum atomic E-state index is 12.4. The quantitative estimate of drug-likeness (QED) is 0.480. The molecular formula is C20H20ClN3O4. The molecule has 2 amide bonds. The van der Waals surface area contributed by atoms with Gasteiger partial charge in [-0.1, -0.05) is 41.9 Å². The van der Waals surface area contributed by atoms with Crippen molar-refractivity contribution in [2.45, 2.75) is 19.3 Å². The van der Waals surface area contributed by atoms with Crippen LogP contribution in [0.3, 0.4) is 0 Å². The number of amides is 2. The van der Waals surface area contributed by atoms with Gasteiger partial charge in [-0.3, -0.25) is 19.7 Å². The molecular weight excluding hydrogens is 382 g/mol. The molecule has 0 aromatic heterocycles. The summed E-state index contributed by atoms with van der Waals surface area (Å²) in [5, 5.41) is 13.3. The van der Waals surface area contributed by atoms with Crippen LogP contribution in [0.25, 0.3) is 0 Å². The molecule has 7 nitrogen and oxygen atoms in total. The van der Waals surface area contributed by atoms with Crippen LogP contribution in [0.15, 0.2) is 48.5 Å². The van der Waals surface area contributed by atoms with Gasteiger partial charge in [0.25, 0.3) is 5.69 Å². The van der Waals surface area contributed by atoms with E-state index in [9.17, 15) is 19.7 Å². The van der Waals surface area contributed by atoms with E-state index < -0.39 is 16.7 Å². The van der Waals surface area contributed by atoms with Crippen LogP contribution < -0.4 is 5.32 Å². The lowest BCUT2D eigenvalue weighted by atomic mass is 9.90. The van der Waals surface area contributed by atoms with Gasteiger partial charge in [0.1, 0.15) is 5.02 Å². The number of nitrogens with zero attached hydrogens (tertiary/aromatic N) is 2. The number of piperidine rings is 1. The smallest absolute Gasteiger partial charge is 0.313 e. The summed E-state index contributed by atoms with van der Waals surface area (Å²) in [5.74, 6) is -0.956. The molecule has 0 atom stereocenters. The van der Waals surface area contributed by atoms with Crippen LogP contribution in [0.5, 0.6) is 0 Å². The van der Waals surface area contributed by atoms with E-state index in [-0.39, 0.29) is 16.4 Å². The monoisotopic (exact) mass is 401 g/mol. The predicted octanol–water partition coefficient (Wildman–Crippen LogP) is 3.67. The summed E-state index contributed by atoms with van der Waals surface area (Å²) >= 11 is 5.75. The molecule has 8 heteroatoms. The van der Waals surface area contributed by atoms with Crippen LogP contribution in [0.1, 0.15) is 18.4 Å². The van der Waals surface area contributed by atoms with Gasteiger partial charge in [-0.2, -0.15) is 0 Å². The third-order valence-corrected chi connectivity index (χ3v) is 5.18. The van der Waals surface area contributed by atoms with Gasteiger partial charge in [0, 0.05) is 24.8 Å². The summed E-state index contributed by atoms with van der Waals surface area (Å²) in [7, 11) is 0. The number of hydrogen-bond acceptors (Lipinski definition) is 4. The zero-order chi connectivity index (χ0) is 20.1. The Kier molecular flexibility index (Phi) is 6.26.